The van der Waals surface area contributed by atoms with Crippen LogP contribution in [0.1, 0.15) is 30.9 Å². The van der Waals surface area contributed by atoms with Crippen LogP contribution in [0.4, 0.5) is 0 Å². The summed E-state index contributed by atoms with van der Waals surface area (Å²) in [4.78, 5) is 11.1. The Balaban J connectivity index is 2.07. The SMILES string of the molecule is O=C1CCC(c2ccco2)CC1Cl. The maximum absolute atomic E-state index is 11.1. The van der Waals surface area contributed by atoms with Crippen LogP contribution in [0.5, 0.6) is 0 Å². The molecule has 0 aromatic carbocycles. The van der Waals surface area contributed by atoms with E-state index in [0.29, 0.717) is 18.8 Å². The van der Waals surface area contributed by atoms with Gasteiger partial charge >= 0.3 is 0 Å². The normalized spacial score (nSPS) is 29.2. The summed E-state index contributed by atoms with van der Waals surface area (Å²) < 4.78 is 5.29. The Labute approximate surface area is 81.9 Å². The molecule has 1 fully saturated rings. The molecule has 1 aromatic rings. The summed E-state index contributed by atoms with van der Waals surface area (Å²) in [5.74, 6) is 1.46. The summed E-state index contributed by atoms with van der Waals surface area (Å²) >= 11 is 5.89. The van der Waals surface area contributed by atoms with Crippen LogP contribution in [0.25, 0.3) is 0 Å². The van der Waals surface area contributed by atoms with Crippen molar-refractivity contribution < 1.29 is 9.21 Å². The summed E-state index contributed by atoms with van der Waals surface area (Å²) in [6.07, 6.45) is 3.83. The highest BCUT2D eigenvalue weighted by molar-refractivity contribution is 6.31. The van der Waals surface area contributed by atoms with Gasteiger partial charge in [0, 0.05) is 12.3 Å². The minimum absolute atomic E-state index is 0.171. The molecule has 1 heterocycles. The van der Waals surface area contributed by atoms with E-state index in [9.17, 15) is 4.79 Å². The first-order valence-corrected chi connectivity index (χ1v) is 4.91. The van der Waals surface area contributed by atoms with E-state index in [-0.39, 0.29) is 11.2 Å². The average molecular weight is 199 g/mol. The van der Waals surface area contributed by atoms with Crippen molar-refractivity contribution in [1.29, 1.82) is 0 Å². The van der Waals surface area contributed by atoms with Gasteiger partial charge in [0.25, 0.3) is 0 Å². The first-order valence-electron chi connectivity index (χ1n) is 4.47. The van der Waals surface area contributed by atoms with Crippen molar-refractivity contribution in [2.24, 2.45) is 0 Å². The monoisotopic (exact) mass is 198 g/mol. The first-order chi connectivity index (χ1) is 6.27. The fourth-order valence-electron chi connectivity index (χ4n) is 1.75. The third kappa shape index (κ3) is 1.78. The van der Waals surface area contributed by atoms with Crippen molar-refractivity contribution in [3.05, 3.63) is 24.2 Å². The molecule has 13 heavy (non-hydrogen) atoms. The molecule has 0 bridgehead atoms. The molecular formula is C10H11ClO2. The molecule has 0 radical (unpaired) electrons. The van der Waals surface area contributed by atoms with E-state index in [1.54, 1.807) is 6.26 Å². The van der Waals surface area contributed by atoms with Gasteiger partial charge in [-0.05, 0) is 25.0 Å². The second-order valence-electron chi connectivity index (χ2n) is 3.42. The lowest BCUT2D eigenvalue weighted by Crippen LogP contribution is -2.23. The highest BCUT2D eigenvalue weighted by atomic mass is 35.5. The molecule has 0 saturated heterocycles. The second kappa shape index (κ2) is 3.54. The lowest BCUT2D eigenvalue weighted by Gasteiger charge is -2.22. The highest BCUT2D eigenvalue weighted by Gasteiger charge is 2.29. The zero-order valence-corrected chi connectivity index (χ0v) is 7.96. The number of carbonyl (C=O) groups excluding carboxylic acids is 1. The van der Waals surface area contributed by atoms with Crippen molar-refractivity contribution >= 4 is 17.4 Å². The molecule has 2 nitrogen and oxygen atoms in total. The fourth-order valence-corrected chi connectivity index (χ4v) is 2.08. The molecule has 0 amide bonds. The summed E-state index contributed by atoms with van der Waals surface area (Å²) in [7, 11) is 0. The second-order valence-corrected chi connectivity index (χ2v) is 3.95. The zero-order chi connectivity index (χ0) is 9.26. The number of alkyl halides is 1. The molecular weight excluding hydrogens is 188 g/mol. The highest BCUT2D eigenvalue weighted by Crippen LogP contribution is 2.33. The van der Waals surface area contributed by atoms with Gasteiger partial charge in [0.15, 0.2) is 5.78 Å². The summed E-state index contributed by atoms with van der Waals surface area (Å²) in [5.41, 5.74) is 0. The minimum Gasteiger partial charge on any atom is -0.469 e. The predicted octanol–water partition coefficient (Wildman–Crippen LogP) is 2.72. The summed E-state index contributed by atoms with van der Waals surface area (Å²) in [5, 5.41) is -0.316. The van der Waals surface area contributed by atoms with Crippen LogP contribution < -0.4 is 0 Å². The summed E-state index contributed by atoms with van der Waals surface area (Å²) in [6, 6.07) is 3.82. The molecule has 1 aliphatic rings. The maximum Gasteiger partial charge on any atom is 0.150 e. The van der Waals surface area contributed by atoms with E-state index in [4.69, 9.17) is 16.0 Å². The molecule has 2 atom stereocenters. The van der Waals surface area contributed by atoms with E-state index in [2.05, 4.69) is 0 Å². The molecule has 2 unspecified atom stereocenters. The van der Waals surface area contributed by atoms with E-state index in [1.807, 2.05) is 12.1 Å². The molecule has 70 valence electrons. The van der Waals surface area contributed by atoms with E-state index < -0.39 is 0 Å². The van der Waals surface area contributed by atoms with Crippen molar-refractivity contribution in [3.63, 3.8) is 0 Å². The van der Waals surface area contributed by atoms with Gasteiger partial charge < -0.3 is 4.42 Å². The number of rotatable bonds is 1. The Morgan fingerprint density at radius 3 is 3.00 bits per heavy atom. The molecule has 0 spiro atoms. The smallest absolute Gasteiger partial charge is 0.150 e. The van der Waals surface area contributed by atoms with Gasteiger partial charge in [0.2, 0.25) is 0 Å². The van der Waals surface area contributed by atoms with E-state index in [0.717, 1.165) is 12.2 Å². The van der Waals surface area contributed by atoms with Crippen molar-refractivity contribution in [1.82, 2.24) is 0 Å². The van der Waals surface area contributed by atoms with Crippen LogP contribution in [0, 0.1) is 0 Å². The Bertz CT molecular complexity index is 292. The molecule has 0 N–H and O–H groups in total. The van der Waals surface area contributed by atoms with Gasteiger partial charge in [-0.15, -0.1) is 11.6 Å². The zero-order valence-electron chi connectivity index (χ0n) is 7.20. The van der Waals surface area contributed by atoms with Crippen molar-refractivity contribution in [2.45, 2.75) is 30.6 Å². The van der Waals surface area contributed by atoms with E-state index >= 15 is 0 Å². The minimum atomic E-state index is -0.316. The van der Waals surface area contributed by atoms with E-state index in [1.165, 1.54) is 0 Å². The molecule has 3 heteroatoms. The number of Topliss-reactive ketones (excluding diaryl/α,β-unsaturated/α-hetero) is 1. The van der Waals surface area contributed by atoms with Crippen LogP contribution in [-0.2, 0) is 4.79 Å². The Morgan fingerprint density at radius 1 is 1.54 bits per heavy atom. The number of ketones is 1. The standard InChI is InChI=1S/C10H11ClO2/c11-8-6-7(3-4-9(8)12)10-2-1-5-13-10/h1-2,5,7-8H,3-4,6H2. The quantitative estimate of drug-likeness (QED) is 0.650. The molecule has 2 rings (SSSR count). The van der Waals surface area contributed by atoms with Gasteiger partial charge in [-0.2, -0.15) is 0 Å². The number of halogens is 1. The lowest BCUT2D eigenvalue weighted by atomic mass is 9.86. The Morgan fingerprint density at radius 2 is 2.38 bits per heavy atom. The van der Waals surface area contributed by atoms with Crippen LogP contribution in [0.15, 0.2) is 22.8 Å². The van der Waals surface area contributed by atoms with Gasteiger partial charge in [-0.1, -0.05) is 0 Å². The van der Waals surface area contributed by atoms with Crippen molar-refractivity contribution in [2.75, 3.05) is 0 Å². The molecule has 0 aliphatic heterocycles. The number of hydrogen-bond acceptors (Lipinski definition) is 2. The van der Waals surface area contributed by atoms with Crippen LogP contribution in [0.2, 0.25) is 0 Å². The van der Waals surface area contributed by atoms with Crippen LogP contribution in [0.3, 0.4) is 0 Å². The summed E-state index contributed by atoms with van der Waals surface area (Å²) in [6.45, 7) is 0. The molecule has 1 saturated carbocycles. The number of hydrogen-bond donors (Lipinski definition) is 0. The fraction of sp³-hybridized carbons (Fsp3) is 0.500. The largest absolute Gasteiger partial charge is 0.469 e. The molecule has 1 aromatic heterocycles. The third-order valence-electron chi connectivity index (χ3n) is 2.53. The predicted molar refractivity (Wildman–Crippen MR) is 49.9 cm³/mol. The third-order valence-corrected chi connectivity index (χ3v) is 2.95. The van der Waals surface area contributed by atoms with Crippen LogP contribution in [-0.4, -0.2) is 11.2 Å². The average Bonchev–Trinajstić information content (AvgIpc) is 2.62. The van der Waals surface area contributed by atoms with Gasteiger partial charge in [-0.3, -0.25) is 4.79 Å². The Hall–Kier alpha value is -0.760. The topological polar surface area (TPSA) is 30.2 Å². The number of carbonyl (C=O) groups is 1. The van der Waals surface area contributed by atoms with Gasteiger partial charge in [0.1, 0.15) is 5.76 Å². The lowest BCUT2D eigenvalue weighted by molar-refractivity contribution is -0.120. The number of furan rings is 1. The van der Waals surface area contributed by atoms with Gasteiger partial charge in [0.05, 0.1) is 11.6 Å². The van der Waals surface area contributed by atoms with Gasteiger partial charge in [-0.25, -0.2) is 0 Å². The first kappa shape index (κ1) is 8.82. The molecule has 1 aliphatic carbocycles. The Kier molecular flexibility index (Phi) is 2.40. The maximum atomic E-state index is 11.1. The van der Waals surface area contributed by atoms with Crippen molar-refractivity contribution in [3.8, 4) is 0 Å². The van der Waals surface area contributed by atoms with Crippen LogP contribution >= 0.6 is 11.6 Å².